The lowest BCUT2D eigenvalue weighted by Gasteiger charge is -2.07. The summed E-state index contributed by atoms with van der Waals surface area (Å²) in [5.74, 6) is 0.253. The number of hydrogen-bond acceptors (Lipinski definition) is 7. The number of esters is 1. The van der Waals surface area contributed by atoms with Gasteiger partial charge in [0.2, 0.25) is 0 Å². The van der Waals surface area contributed by atoms with Crippen LogP contribution in [0, 0.1) is 0 Å². The van der Waals surface area contributed by atoms with E-state index in [2.05, 4.69) is 12.6 Å². The molecule has 0 aromatic carbocycles. The van der Waals surface area contributed by atoms with E-state index in [1.54, 1.807) is 7.11 Å². The molecule has 0 saturated carbocycles. The van der Waals surface area contributed by atoms with Crippen LogP contribution in [0.3, 0.4) is 0 Å². The van der Waals surface area contributed by atoms with E-state index in [0.29, 0.717) is 58.4 Å². The van der Waals surface area contributed by atoms with Gasteiger partial charge in [-0.05, 0) is 0 Å². The maximum Gasteiger partial charge on any atom is 0.306 e. The van der Waals surface area contributed by atoms with Gasteiger partial charge >= 0.3 is 5.97 Å². The number of carbonyl (C=O) groups excluding carboxylic acids is 1. The van der Waals surface area contributed by atoms with Crippen molar-refractivity contribution in [1.82, 2.24) is 0 Å². The van der Waals surface area contributed by atoms with Gasteiger partial charge in [-0.2, -0.15) is 12.6 Å². The number of ether oxygens (including phenoxy) is 5. The van der Waals surface area contributed by atoms with Crippen molar-refractivity contribution in [3.8, 4) is 0 Å². The van der Waals surface area contributed by atoms with E-state index in [0.717, 1.165) is 0 Å². The van der Waals surface area contributed by atoms with E-state index in [1.807, 2.05) is 0 Å². The average molecular weight is 296 g/mol. The Labute approximate surface area is 120 Å². The Morgan fingerprint density at radius 3 is 1.79 bits per heavy atom. The third-order valence-corrected chi connectivity index (χ3v) is 2.21. The van der Waals surface area contributed by atoms with Crippen LogP contribution < -0.4 is 0 Å². The molecule has 114 valence electrons. The highest BCUT2D eigenvalue weighted by Gasteiger charge is 1.99. The van der Waals surface area contributed by atoms with Gasteiger partial charge in [0.25, 0.3) is 0 Å². The molecule has 0 saturated heterocycles. The van der Waals surface area contributed by atoms with Gasteiger partial charge in [-0.1, -0.05) is 0 Å². The standard InChI is InChI=1S/C12H24O6S/c1-14-3-4-15-5-6-16-7-8-17-9-10-18-12(13)2-11-19/h19H,2-11H2,1H3. The fourth-order valence-electron chi connectivity index (χ4n) is 1.06. The first-order valence-electron chi connectivity index (χ1n) is 6.30. The van der Waals surface area contributed by atoms with E-state index < -0.39 is 0 Å². The largest absolute Gasteiger partial charge is 0.463 e. The Bertz CT molecular complexity index is 203. The Balaban J connectivity index is 3.01. The van der Waals surface area contributed by atoms with E-state index in [1.165, 1.54) is 0 Å². The molecular weight excluding hydrogens is 272 g/mol. The van der Waals surface area contributed by atoms with Crippen LogP contribution >= 0.6 is 12.6 Å². The van der Waals surface area contributed by atoms with Crippen LogP contribution in [0.2, 0.25) is 0 Å². The van der Waals surface area contributed by atoms with Crippen LogP contribution in [-0.4, -0.2) is 71.7 Å². The van der Waals surface area contributed by atoms with Crippen LogP contribution in [0.15, 0.2) is 0 Å². The van der Waals surface area contributed by atoms with Crippen molar-refractivity contribution in [3.63, 3.8) is 0 Å². The summed E-state index contributed by atoms with van der Waals surface area (Å²) >= 11 is 3.93. The minimum atomic E-state index is -0.247. The zero-order valence-corrected chi connectivity index (χ0v) is 12.4. The lowest BCUT2D eigenvalue weighted by Crippen LogP contribution is -2.14. The van der Waals surface area contributed by atoms with Crippen LogP contribution in [0.25, 0.3) is 0 Å². The van der Waals surface area contributed by atoms with Gasteiger partial charge in [0, 0.05) is 12.9 Å². The van der Waals surface area contributed by atoms with Crippen LogP contribution in [0.5, 0.6) is 0 Å². The first kappa shape index (κ1) is 18.7. The summed E-state index contributed by atoms with van der Waals surface area (Å²) in [7, 11) is 1.63. The predicted octanol–water partition coefficient (Wildman–Crippen LogP) is 0.546. The van der Waals surface area contributed by atoms with Gasteiger partial charge in [0.15, 0.2) is 0 Å². The molecule has 0 aliphatic heterocycles. The molecule has 0 unspecified atom stereocenters. The fourth-order valence-corrected chi connectivity index (χ4v) is 1.24. The summed E-state index contributed by atoms with van der Waals surface area (Å²) in [5, 5.41) is 0. The van der Waals surface area contributed by atoms with E-state index in [9.17, 15) is 4.79 Å². The second-order valence-electron chi connectivity index (χ2n) is 3.52. The molecule has 19 heavy (non-hydrogen) atoms. The smallest absolute Gasteiger partial charge is 0.306 e. The Kier molecular flexibility index (Phi) is 15.4. The topological polar surface area (TPSA) is 63.2 Å². The van der Waals surface area contributed by atoms with Crippen LogP contribution in [-0.2, 0) is 28.5 Å². The second kappa shape index (κ2) is 15.7. The molecule has 0 atom stereocenters. The average Bonchev–Trinajstić information content (AvgIpc) is 2.40. The molecule has 0 aromatic rings. The zero-order valence-electron chi connectivity index (χ0n) is 11.5. The highest BCUT2D eigenvalue weighted by Crippen LogP contribution is 1.89. The second-order valence-corrected chi connectivity index (χ2v) is 3.97. The maximum atomic E-state index is 11.0. The molecule has 0 aliphatic carbocycles. The molecule has 7 heteroatoms. The first-order chi connectivity index (χ1) is 9.31. The molecule has 6 nitrogen and oxygen atoms in total. The third kappa shape index (κ3) is 15.6. The quantitative estimate of drug-likeness (QED) is 0.287. The molecule has 0 radical (unpaired) electrons. The molecule has 0 bridgehead atoms. The summed E-state index contributed by atoms with van der Waals surface area (Å²) in [6.45, 7) is 3.87. The van der Waals surface area contributed by atoms with Crippen molar-refractivity contribution < 1.29 is 28.5 Å². The third-order valence-electron chi connectivity index (χ3n) is 1.98. The molecular formula is C12H24O6S. The summed E-state index contributed by atoms with van der Waals surface area (Å²) in [4.78, 5) is 11.0. The normalized spacial score (nSPS) is 10.6. The number of carbonyl (C=O) groups is 1. The van der Waals surface area contributed by atoms with E-state index >= 15 is 0 Å². The monoisotopic (exact) mass is 296 g/mol. The van der Waals surface area contributed by atoms with E-state index in [4.69, 9.17) is 23.7 Å². The van der Waals surface area contributed by atoms with Gasteiger partial charge in [-0.3, -0.25) is 4.79 Å². The van der Waals surface area contributed by atoms with Crippen LogP contribution in [0.1, 0.15) is 6.42 Å². The zero-order chi connectivity index (χ0) is 14.2. The first-order valence-corrected chi connectivity index (χ1v) is 6.93. The lowest BCUT2D eigenvalue weighted by atomic mass is 10.5. The summed E-state index contributed by atoms with van der Waals surface area (Å²) in [5.41, 5.74) is 0. The molecule has 0 fully saturated rings. The van der Waals surface area contributed by atoms with Gasteiger partial charge in [0.1, 0.15) is 6.61 Å². The molecule has 0 aliphatic rings. The van der Waals surface area contributed by atoms with Gasteiger partial charge in [-0.25, -0.2) is 0 Å². The van der Waals surface area contributed by atoms with Gasteiger partial charge in [-0.15, -0.1) is 0 Å². The number of hydrogen-bond donors (Lipinski definition) is 1. The summed E-state index contributed by atoms with van der Waals surface area (Å²) in [6.07, 6.45) is 0.329. The van der Waals surface area contributed by atoms with Gasteiger partial charge < -0.3 is 23.7 Å². The molecule has 0 N–H and O–H groups in total. The SMILES string of the molecule is COCCOCCOCCOCCOC(=O)CCS. The van der Waals surface area contributed by atoms with E-state index in [-0.39, 0.29) is 12.6 Å². The Morgan fingerprint density at radius 1 is 0.842 bits per heavy atom. The molecule has 0 spiro atoms. The van der Waals surface area contributed by atoms with Crippen molar-refractivity contribution >= 4 is 18.6 Å². The summed E-state index contributed by atoms with van der Waals surface area (Å²) < 4.78 is 25.4. The minimum Gasteiger partial charge on any atom is -0.463 e. The predicted molar refractivity (Wildman–Crippen MR) is 73.8 cm³/mol. The van der Waals surface area contributed by atoms with Crippen molar-refractivity contribution in [1.29, 1.82) is 0 Å². The lowest BCUT2D eigenvalue weighted by molar-refractivity contribution is -0.144. The van der Waals surface area contributed by atoms with Crippen LogP contribution in [0.4, 0.5) is 0 Å². The molecule has 0 amide bonds. The highest BCUT2D eigenvalue weighted by atomic mass is 32.1. The van der Waals surface area contributed by atoms with Crippen molar-refractivity contribution in [2.45, 2.75) is 6.42 Å². The van der Waals surface area contributed by atoms with Gasteiger partial charge in [0.05, 0.1) is 52.7 Å². The Hall–Kier alpha value is -0.340. The fraction of sp³-hybridized carbons (Fsp3) is 0.917. The number of methoxy groups -OCH3 is 1. The number of thiol groups is 1. The Morgan fingerprint density at radius 2 is 1.32 bits per heavy atom. The van der Waals surface area contributed by atoms with Crippen molar-refractivity contribution in [2.75, 3.05) is 65.7 Å². The highest BCUT2D eigenvalue weighted by molar-refractivity contribution is 7.80. The maximum absolute atomic E-state index is 11.0. The minimum absolute atomic E-state index is 0.247. The molecule has 0 rings (SSSR count). The molecule has 0 heterocycles. The van der Waals surface area contributed by atoms with Crippen molar-refractivity contribution in [2.24, 2.45) is 0 Å². The summed E-state index contributed by atoms with van der Waals surface area (Å²) in [6, 6.07) is 0. The molecule has 0 aromatic heterocycles. The van der Waals surface area contributed by atoms with Crippen molar-refractivity contribution in [3.05, 3.63) is 0 Å². The number of rotatable bonds is 14.